The maximum atomic E-state index is 14.5. The van der Waals surface area contributed by atoms with Crippen LogP contribution in [0.5, 0.6) is 11.5 Å². The first-order chi connectivity index (χ1) is 28.3. The highest BCUT2D eigenvalue weighted by molar-refractivity contribution is 6.31. The van der Waals surface area contributed by atoms with Crippen molar-refractivity contribution < 1.29 is 67.5 Å². The molecule has 2 heterocycles. The summed E-state index contributed by atoms with van der Waals surface area (Å²) >= 11 is 12.7. The zero-order chi connectivity index (χ0) is 42.8. The fourth-order valence-electron chi connectivity index (χ4n) is 6.74. The van der Waals surface area contributed by atoms with E-state index in [0.29, 0.717) is 34.0 Å². The molecule has 16 heteroatoms. The van der Waals surface area contributed by atoms with Gasteiger partial charge in [0.1, 0.15) is 66.9 Å². The summed E-state index contributed by atoms with van der Waals surface area (Å²) < 4.78 is 59.5. The van der Waals surface area contributed by atoms with Crippen molar-refractivity contribution in [3.63, 3.8) is 0 Å². The fraction of sp³-hybridized carbons (Fsp3) is 0.419. The number of carbonyl (C=O) groups is 1. The van der Waals surface area contributed by atoms with Crippen molar-refractivity contribution in [2.45, 2.75) is 80.9 Å². The van der Waals surface area contributed by atoms with Crippen LogP contribution in [0.1, 0.15) is 52.5 Å². The molecule has 59 heavy (non-hydrogen) atoms. The Morgan fingerprint density at radius 1 is 0.644 bits per heavy atom. The van der Waals surface area contributed by atoms with Gasteiger partial charge in [-0.15, -0.1) is 0 Å². The van der Waals surface area contributed by atoms with Gasteiger partial charge in [0.2, 0.25) is 0 Å². The van der Waals surface area contributed by atoms with Crippen molar-refractivity contribution in [2.24, 2.45) is 0 Å². The highest BCUT2D eigenvalue weighted by Crippen LogP contribution is 2.37. The Kier molecular flexibility index (Phi) is 16.7. The third-order valence-electron chi connectivity index (χ3n) is 10.0. The molecule has 0 aliphatic carbocycles. The first-order valence-corrected chi connectivity index (χ1v) is 19.6. The summed E-state index contributed by atoms with van der Waals surface area (Å²) in [6.07, 6.45) is -14.5. The molecule has 0 spiro atoms. The molecule has 0 radical (unpaired) electrons. The van der Waals surface area contributed by atoms with E-state index in [-0.39, 0.29) is 6.61 Å². The molecule has 0 amide bonds. The van der Waals surface area contributed by atoms with Crippen LogP contribution in [-0.4, -0.2) is 115 Å². The standard InChI is InChI=1S/C23H26ClFO7.C20H22ClFO5/c1-3-30-23(28)31-12-18-19(25)20(26)21(27)22(32-18)14-6-9-17(24)15(11-14)10-13-4-7-16(29-2)8-5-13;1-26-14-5-2-11(3-6-14)8-13-9-12(4-7-15(13)21)20-19(25)18(24)17(22)16(10-23)27-20/h4-9,11,18-22,26-27H,3,10,12H2,1-2H3;2-7,9,16-20,23-25H,8,10H2,1H3. The Hall–Kier alpha value is -4.09. The second kappa shape index (κ2) is 21.4. The number of ether oxygens (including phenoxy) is 6. The summed E-state index contributed by atoms with van der Waals surface area (Å²) in [7, 11) is 3.19. The normalized spacial score (nSPS) is 26.6. The topological polar surface area (TPSA) is 174 Å². The molecule has 10 atom stereocenters. The molecular formula is C43H48Cl2F2O12. The maximum absolute atomic E-state index is 14.5. The number of hydrogen-bond acceptors (Lipinski definition) is 12. The Bertz CT molecular complexity index is 1950. The number of methoxy groups -OCH3 is 2. The van der Waals surface area contributed by atoms with Crippen LogP contribution in [0.4, 0.5) is 13.6 Å². The molecule has 0 bridgehead atoms. The molecule has 5 N–H and O–H groups in total. The van der Waals surface area contributed by atoms with Gasteiger partial charge in [0.25, 0.3) is 0 Å². The number of benzene rings is 4. The second-order valence-electron chi connectivity index (χ2n) is 14.0. The van der Waals surface area contributed by atoms with Crippen molar-refractivity contribution in [3.05, 3.63) is 128 Å². The van der Waals surface area contributed by atoms with Crippen LogP contribution in [0.15, 0.2) is 84.9 Å². The molecule has 4 aromatic rings. The lowest BCUT2D eigenvalue weighted by Gasteiger charge is -2.39. The van der Waals surface area contributed by atoms with Gasteiger partial charge in [-0.3, -0.25) is 0 Å². The third-order valence-corrected chi connectivity index (χ3v) is 10.8. The van der Waals surface area contributed by atoms with Crippen LogP contribution < -0.4 is 9.47 Å². The Labute approximate surface area is 350 Å². The van der Waals surface area contributed by atoms with E-state index in [2.05, 4.69) is 4.74 Å². The number of halogens is 4. The van der Waals surface area contributed by atoms with E-state index in [9.17, 15) is 39.1 Å². The zero-order valence-corrected chi connectivity index (χ0v) is 34.0. The van der Waals surface area contributed by atoms with Crippen molar-refractivity contribution in [1.82, 2.24) is 0 Å². The Balaban J connectivity index is 0.000000227. The van der Waals surface area contributed by atoms with Gasteiger partial charge in [0.15, 0.2) is 12.3 Å². The average Bonchev–Trinajstić information content (AvgIpc) is 3.24. The van der Waals surface area contributed by atoms with Gasteiger partial charge >= 0.3 is 6.16 Å². The first-order valence-electron chi connectivity index (χ1n) is 18.8. The highest BCUT2D eigenvalue weighted by Gasteiger charge is 2.47. The van der Waals surface area contributed by atoms with Gasteiger partial charge in [-0.05, 0) is 89.5 Å². The van der Waals surface area contributed by atoms with Crippen LogP contribution in [0.2, 0.25) is 10.0 Å². The van der Waals surface area contributed by atoms with Gasteiger partial charge in [0.05, 0.1) is 27.4 Å². The SMILES string of the molecule is CCOC(=O)OCC1OC(c2ccc(Cl)c(Cc3ccc(OC)cc3)c2)C(O)C(O)C1F.COc1ccc(Cc2cc(C3OC(CO)C(F)C(O)C3O)ccc2Cl)cc1. The van der Waals surface area contributed by atoms with Gasteiger partial charge < -0.3 is 54.0 Å². The van der Waals surface area contributed by atoms with E-state index < -0.39 is 80.5 Å². The molecule has 0 saturated carbocycles. The van der Waals surface area contributed by atoms with E-state index in [0.717, 1.165) is 33.8 Å². The second-order valence-corrected chi connectivity index (χ2v) is 14.8. The Morgan fingerprint density at radius 2 is 1.07 bits per heavy atom. The molecule has 10 unspecified atom stereocenters. The van der Waals surface area contributed by atoms with Crippen LogP contribution in [0.3, 0.4) is 0 Å². The minimum atomic E-state index is -1.94. The summed E-state index contributed by atoms with van der Waals surface area (Å²) in [5.74, 6) is 1.49. The van der Waals surface area contributed by atoms with E-state index >= 15 is 0 Å². The zero-order valence-electron chi connectivity index (χ0n) is 32.5. The van der Waals surface area contributed by atoms with Crippen molar-refractivity contribution in [1.29, 1.82) is 0 Å². The van der Waals surface area contributed by atoms with E-state index in [1.54, 1.807) is 57.5 Å². The number of alkyl halides is 2. The van der Waals surface area contributed by atoms with Crippen LogP contribution in [0, 0.1) is 0 Å². The molecule has 2 aliphatic heterocycles. The molecule has 2 fully saturated rings. The quantitative estimate of drug-likeness (QED) is 0.105. The molecule has 2 saturated heterocycles. The van der Waals surface area contributed by atoms with Gasteiger partial charge in [-0.1, -0.05) is 71.7 Å². The summed E-state index contributed by atoms with van der Waals surface area (Å²) in [6.45, 7) is 0.659. The molecule has 0 aromatic heterocycles. The van der Waals surface area contributed by atoms with Crippen molar-refractivity contribution in [2.75, 3.05) is 34.0 Å². The van der Waals surface area contributed by atoms with E-state index in [1.165, 1.54) is 0 Å². The van der Waals surface area contributed by atoms with Gasteiger partial charge in [-0.2, -0.15) is 0 Å². The van der Waals surface area contributed by atoms with E-state index in [4.69, 9.17) is 46.9 Å². The van der Waals surface area contributed by atoms with Crippen LogP contribution in [-0.2, 0) is 31.8 Å². The lowest BCUT2D eigenvalue weighted by Crippen LogP contribution is -2.53. The molecule has 320 valence electrons. The number of carbonyl (C=O) groups excluding carboxylic acids is 1. The van der Waals surface area contributed by atoms with Crippen molar-refractivity contribution >= 4 is 29.4 Å². The van der Waals surface area contributed by atoms with Gasteiger partial charge in [-0.25, -0.2) is 13.6 Å². The van der Waals surface area contributed by atoms with Crippen molar-refractivity contribution in [3.8, 4) is 11.5 Å². The summed E-state index contributed by atoms with van der Waals surface area (Å²) in [6, 6.07) is 25.2. The monoisotopic (exact) mass is 864 g/mol. The number of rotatable bonds is 12. The molecule has 2 aliphatic rings. The van der Waals surface area contributed by atoms with Crippen LogP contribution in [0.25, 0.3) is 0 Å². The van der Waals surface area contributed by atoms with E-state index in [1.807, 2.05) is 48.5 Å². The largest absolute Gasteiger partial charge is 0.508 e. The molecule has 6 rings (SSSR count). The molecular weight excluding hydrogens is 817 g/mol. The minimum Gasteiger partial charge on any atom is -0.497 e. The predicted molar refractivity (Wildman–Crippen MR) is 214 cm³/mol. The molecule has 12 nitrogen and oxygen atoms in total. The summed E-state index contributed by atoms with van der Waals surface area (Å²) in [4.78, 5) is 11.4. The smallest absolute Gasteiger partial charge is 0.497 e. The molecule has 4 aromatic carbocycles. The fourth-order valence-corrected chi connectivity index (χ4v) is 7.11. The number of aliphatic hydroxyl groups excluding tert-OH is 5. The number of aliphatic hydroxyl groups is 5. The minimum absolute atomic E-state index is 0.106. The highest BCUT2D eigenvalue weighted by atomic mass is 35.5. The van der Waals surface area contributed by atoms with Gasteiger partial charge in [0, 0.05) is 10.0 Å². The van der Waals surface area contributed by atoms with Crippen LogP contribution >= 0.6 is 23.2 Å². The Morgan fingerprint density at radius 3 is 1.47 bits per heavy atom. The summed E-state index contributed by atoms with van der Waals surface area (Å²) in [5, 5.41) is 51.2. The first kappa shape index (κ1) is 46.0. The third kappa shape index (κ3) is 11.6. The lowest BCUT2D eigenvalue weighted by molar-refractivity contribution is -0.215. The summed E-state index contributed by atoms with van der Waals surface area (Å²) in [5.41, 5.74) is 4.63. The predicted octanol–water partition coefficient (Wildman–Crippen LogP) is 6.04. The maximum Gasteiger partial charge on any atom is 0.508 e. The number of hydrogen-bond donors (Lipinski definition) is 5. The average molecular weight is 866 g/mol. The lowest BCUT2D eigenvalue weighted by atomic mass is 9.90.